The van der Waals surface area contributed by atoms with E-state index in [1.807, 2.05) is 0 Å². The van der Waals surface area contributed by atoms with Crippen LogP contribution in [0.5, 0.6) is 0 Å². The summed E-state index contributed by atoms with van der Waals surface area (Å²) in [6.07, 6.45) is -4.58. The number of hydrogen-bond donors (Lipinski definition) is 2. The highest BCUT2D eigenvalue weighted by Crippen LogP contribution is 2.17. The predicted molar refractivity (Wildman–Crippen MR) is 60.3 cm³/mol. The smallest absolute Gasteiger partial charge is 0.326 e. The van der Waals surface area contributed by atoms with Gasteiger partial charge in [-0.15, -0.1) is 0 Å². The Morgan fingerprint density at radius 2 is 1.94 bits per heavy atom. The number of hydrogen-bond acceptors (Lipinski definition) is 3. The van der Waals surface area contributed by atoms with Crippen molar-refractivity contribution in [1.82, 2.24) is 4.72 Å². The van der Waals surface area contributed by atoms with Crippen molar-refractivity contribution in [3.8, 4) is 0 Å². The Bertz CT molecular complexity index is 526. The second kappa shape index (κ2) is 5.25. The first-order valence-corrected chi connectivity index (χ1v) is 6.50. The number of halogens is 3. The number of sulfonamides is 1. The zero-order valence-corrected chi connectivity index (χ0v) is 10.4. The summed E-state index contributed by atoms with van der Waals surface area (Å²) in [5, 5.41) is 0. The van der Waals surface area contributed by atoms with E-state index in [-0.39, 0.29) is 11.4 Å². The first-order chi connectivity index (χ1) is 8.15. The van der Waals surface area contributed by atoms with Crippen LogP contribution in [0.3, 0.4) is 0 Å². The fraction of sp³-hybridized carbons (Fsp3) is 0.400. The Balaban J connectivity index is 2.96. The maximum absolute atomic E-state index is 12.0. The van der Waals surface area contributed by atoms with E-state index in [9.17, 15) is 21.6 Å². The molecule has 0 heterocycles. The van der Waals surface area contributed by atoms with Gasteiger partial charge in [0, 0.05) is 6.54 Å². The largest absolute Gasteiger partial charge is 0.402 e. The van der Waals surface area contributed by atoms with Crippen LogP contribution >= 0.6 is 0 Å². The van der Waals surface area contributed by atoms with Gasteiger partial charge in [-0.05, 0) is 30.2 Å². The fourth-order valence-electron chi connectivity index (χ4n) is 1.32. The van der Waals surface area contributed by atoms with Gasteiger partial charge in [0.1, 0.15) is 6.54 Å². The molecule has 102 valence electrons. The van der Waals surface area contributed by atoms with Gasteiger partial charge in [0.25, 0.3) is 0 Å². The van der Waals surface area contributed by atoms with Gasteiger partial charge in [-0.3, -0.25) is 0 Å². The third-order valence-electron chi connectivity index (χ3n) is 2.31. The van der Waals surface area contributed by atoms with Gasteiger partial charge >= 0.3 is 6.18 Å². The van der Waals surface area contributed by atoms with E-state index in [0.717, 1.165) is 5.56 Å². The van der Waals surface area contributed by atoms with E-state index in [0.29, 0.717) is 5.56 Å². The van der Waals surface area contributed by atoms with Crippen LogP contribution in [0.4, 0.5) is 13.2 Å². The summed E-state index contributed by atoms with van der Waals surface area (Å²) in [7, 11) is -4.15. The molecule has 0 aliphatic rings. The molecule has 1 aromatic carbocycles. The van der Waals surface area contributed by atoms with Crippen LogP contribution < -0.4 is 10.5 Å². The second-order valence-electron chi connectivity index (χ2n) is 3.73. The average Bonchev–Trinajstić information content (AvgIpc) is 2.25. The van der Waals surface area contributed by atoms with E-state index in [1.54, 1.807) is 6.92 Å². The molecule has 8 heteroatoms. The predicted octanol–water partition coefficient (Wildman–Crippen LogP) is 1.29. The van der Waals surface area contributed by atoms with Crippen LogP contribution in [-0.2, 0) is 16.6 Å². The minimum absolute atomic E-state index is 0.207. The Labute approximate surface area is 103 Å². The second-order valence-corrected chi connectivity index (χ2v) is 5.50. The molecular formula is C10H13F3N2O2S. The normalized spacial score (nSPS) is 12.7. The zero-order chi connectivity index (χ0) is 14.0. The number of nitrogens with one attached hydrogen (secondary N) is 1. The topological polar surface area (TPSA) is 72.2 Å². The highest BCUT2D eigenvalue weighted by atomic mass is 32.2. The minimum Gasteiger partial charge on any atom is -0.326 e. The fourth-order valence-corrected chi connectivity index (χ4v) is 2.42. The Hall–Kier alpha value is -1.12. The monoisotopic (exact) mass is 282 g/mol. The lowest BCUT2D eigenvalue weighted by atomic mass is 10.1. The Morgan fingerprint density at radius 3 is 2.39 bits per heavy atom. The number of alkyl halides is 3. The van der Waals surface area contributed by atoms with Crippen LogP contribution in [0.15, 0.2) is 23.1 Å². The average molecular weight is 282 g/mol. The van der Waals surface area contributed by atoms with Crippen molar-refractivity contribution in [2.45, 2.75) is 24.5 Å². The third kappa shape index (κ3) is 3.97. The van der Waals surface area contributed by atoms with Crippen molar-refractivity contribution in [3.05, 3.63) is 29.3 Å². The molecular weight excluding hydrogens is 269 g/mol. The molecule has 0 spiro atoms. The van der Waals surface area contributed by atoms with Gasteiger partial charge in [0.2, 0.25) is 10.0 Å². The summed E-state index contributed by atoms with van der Waals surface area (Å²) in [6, 6.07) is 4.01. The molecule has 0 amide bonds. The number of rotatable bonds is 4. The molecule has 0 saturated carbocycles. The summed E-state index contributed by atoms with van der Waals surface area (Å²) in [4.78, 5) is -0.207. The van der Waals surface area contributed by atoms with E-state index in [4.69, 9.17) is 5.73 Å². The number of aryl methyl sites for hydroxylation is 1. The molecule has 1 rings (SSSR count). The van der Waals surface area contributed by atoms with Crippen LogP contribution in [0.25, 0.3) is 0 Å². The number of nitrogens with two attached hydrogens (primary N) is 1. The van der Waals surface area contributed by atoms with E-state index in [1.165, 1.54) is 22.9 Å². The first-order valence-electron chi connectivity index (χ1n) is 5.02. The van der Waals surface area contributed by atoms with Gasteiger partial charge in [0.15, 0.2) is 0 Å². The summed E-state index contributed by atoms with van der Waals surface area (Å²) < 4.78 is 60.5. The van der Waals surface area contributed by atoms with Gasteiger partial charge in [-0.1, -0.05) is 6.07 Å². The molecule has 4 nitrogen and oxygen atoms in total. The molecule has 0 aromatic heterocycles. The lowest BCUT2D eigenvalue weighted by Gasteiger charge is -2.11. The van der Waals surface area contributed by atoms with Crippen LogP contribution in [0, 0.1) is 6.92 Å². The minimum atomic E-state index is -4.58. The number of benzene rings is 1. The third-order valence-corrected chi connectivity index (χ3v) is 3.71. The molecule has 0 fully saturated rings. The molecule has 0 bridgehead atoms. The van der Waals surface area contributed by atoms with Crippen molar-refractivity contribution in [2.24, 2.45) is 5.73 Å². The molecule has 1 aromatic rings. The molecule has 0 aliphatic heterocycles. The first kappa shape index (κ1) is 14.9. The van der Waals surface area contributed by atoms with Crippen molar-refractivity contribution >= 4 is 10.0 Å². The van der Waals surface area contributed by atoms with Crippen molar-refractivity contribution < 1.29 is 21.6 Å². The summed E-state index contributed by atoms with van der Waals surface area (Å²) in [5.41, 5.74) is 6.77. The molecule has 3 N–H and O–H groups in total. The lowest BCUT2D eigenvalue weighted by Crippen LogP contribution is -2.33. The van der Waals surface area contributed by atoms with Crippen LogP contribution in [0.1, 0.15) is 11.1 Å². The molecule has 0 radical (unpaired) electrons. The summed E-state index contributed by atoms with van der Waals surface area (Å²) >= 11 is 0. The van der Waals surface area contributed by atoms with Gasteiger partial charge in [-0.2, -0.15) is 13.2 Å². The quantitative estimate of drug-likeness (QED) is 0.874. The summed E-state index contributed by atoms with van der Waals surface area (Å²) in [6.45, 7) is 0.292. The van der Waals surface area contributed by atoms with E-state index in [2.05, 4.69) is 0 Å². The molecule has 18 heavy (non-hydrogen) atoms. The van der Waals surface area contributed by atoms with Gasteiger partial charge in [-0.25, -0.2) is 13.1 Å². The van der Waals surface area contributed by atoms with Crippen molar-refractivity contribution in [1.29, 1.82) is 0 Å². The van der Waals surface area contributed by atoms with Crippen molar-refractivity contribution in [3.63, 3.8) is 0 Å². The van der Waals surface area contributed by atoms with Crippen LogP contribution in [0.2, 0.25) is 0 Å². The molecule has 0 unspecified atom stereocenters. The highest BCUT2D eigenvalue weighted by Gasteiger charge is 2.30. The molecule has 0 saturated heterocycles. The standard InChI is InChI=1S/C10H13F3N2O2S/c1-7-4-9(3-2-8(7)5-14)18(16,17)15-6-10(11,12)13/h2-4,15H,5-6,14H2,1H3. The zero-order valence-electron chi connectivity index (χ0n) is 9.58. The van der Waals surface area contributed by atoms with Crippen LogP contribution in [-0.4, -0.2) is 21.1 Å². The SMILES string of the molecule is Cc1cc(S(=O)(=O)NCC(F)(F)F)ccc1CN. The van der Waals surface area contributed by atoms with E-state index < -0.39 is 22.7 Å². The maximum atomic E-state index is 12.0. The maximum Gasteiger partial charge on any atom is 0.402 e. The molecule has 0 atom stereocenters. The highest BCUT2D eigenvalue weighted by molar-refractivity contribution is 7.89. The van der Waals surface area contributed by atoms with E-state index >= 15 is 0 Å². The Kier molecular flexibility index (Phi) is 4.36. The van der Waals surface area contributed by atoms with Crippen molar-refractivity contribution in [2.75, 3.05) is 6.54 Å². The molecule has 0 aliphatic carbocycles. The Morgan fingerprint density at radius 1 is 1.33 bits per heavy atom. The van der Waals surface area contributed by atoms with Gasteiger partial charge in [0.05, 0.1) is 4.90 Å². The lowest BCUT2D eigenvalue weighted by molar-refractivity contribution is -0.121. The van der Waals surface area contributed by atoms with Gasteiger partial charge < -0.3 is 5.73 Å². The summed E-state index contributed by atoms with van der Waals surface area (Å²) in [5.74, 6) is 0.